The molecule has 1 aromatic rings. The summed E-state index contributed by atoms with van der Waals surface area (Å²) in [6.45, 7) is 4.82. The Balaban J connectivity index is 1.88. The normalized spacial score (nSPS) is 10.9. The number of benzene rings is 1. The molecule has 0 aliphatic rings. The van der Waals surface area contributed by atoms with Gasteiger partial charge in [-0.1, -0.05) is 115 Å². The van der Waals surface area contributed by atoms with Gasteiger partial charge in [-0.15, -0.1) is 0 Å². The van der Waals surface area contributed by atoms with Crippen molar-refractivity contribution < 1.29 is 9.53 Å². The van der Waals surface area contributed by atoms with E-state index >= 15 is 0 Å². The van der Waals surface area contributed by atoms with E-state index in [9.17, 15) is 4.79 Å². The minimum atomic E-state index is -0.0556. The van der Waals surface area contributed by atoms with E-state index < -0.39 is 0 Å². The molecule has 0 heterocycles. The van der Waals surface area contributed by atoms with Crippen LogP contribution in [0.2, 0.25) is 0 Å². The van der Waals surface area contributed by atoms with E-state index in [1.807, 2.05) is 12.1 Å². The average Bonchev–Trinajstić information content (AvgIpc) is 2.70. The zero-order chi connectivity index (χ0) is 19.6. The Labute approximate surface area is 168 Å². The molecule has 0 aliphatic carbocycles. The van der Waals surface area contributed by atoms with E-state index in [4.69, 9.17) is 4.74 Å². The number of hydrogen-bond donors (Lipinski definition) is 0. The lowest BCUT2D eigenvalue weighted by atomic mass is 10.0. The molecule has 0 saturated heterocycles. The number of rotatable bonds is 17. The summed E-state index contributed by atoms with van der Waals surface area (Å²) in [6, 6.07) is 8.30. The Hall–Kier alpha value is -1.31. The van der Waals surface area contributed by atoms with Crippen LogP contribution < -0.4 is 0 Å². The maximum absolute atomic E-state index is 11.8. The predicted octanol–water partition coefficient (Wildman–Crippen LogP) is 7.77. The fourth-order valence-electron chi connectivity index (χ4n) is 3.46. The van der Waals surface area contributed by atoms with Gasteiger partial charge in [0.05, 0.1) is 0 Å². The number of hydrogen-bond acceptors (Lipinski definition) is 2. The maximum atomic E-state index is 11.8. The highest BCUT2D eigenvalue weighted by atomic mass is 16.5. The lowest BCUT2D eigenvalue weighted by Gasteiger charge is -2.06. The summed E-state index contributed by atoms with van der Waals surface area (Å²) in [5.41, 5.74) is 2.38. The Morgan fingerprint density at radius 1 is 0.741 bits per heavy atom. The van der Waals surface area contributed by atoms with Gasteiger partial charge in [0.2, 0.25) is 0 Å². The summed E-state index contributed by atoms with van der Waals surface area (Å²) in [5, 5.41) is 0. The molecular weight excluding hydrogens is 332 g/mol. The zero-order valence-electron chi connectivity index (χ0n) is 17.9. The first kappa shape index (κ1) is 23.7. The summed E-state index contributed by atoms with van der Waals surface area (Å²) < 4.78 is 5.40. The second-order valence-electron chi connectivity index (χ2n) is 7.83. The van der Waals surface area contributed by atoms with Crippen LogP contribution >= 0.6 is 0 Å². The van der Waals surface area contributed by atoms with Crippen LogP contribution in [-0.4, -0.2) is 5.97 Å². The fourth-order valence-corrected chi connectivity index (χ4v) is 3.46. The molecule has 0 atom stereocenters. The van der Waals surface area contributed by atoms with Crippen molar-refractivity contribution in [2.45, 2.75) is 117 Å². The molecule has 0 saturated carbocycles. The van der Waals surface area contributed by atoms with Crippen LogP contribution in [0.25, 0.3) is 0 Å². The summed E-state index contributed by atoms with van der Waals surface area (Å²) >= 11 is 0. The summed E-state index contributed by atoms with van der Waals surface area (Å²) in [7, 11) is 0. The molecule has 0 bridgehead atoms. The van der Waals surface area contributed by atoms with Crippen LogP contribution in [0.4, 0.5) is 0 Å². The van der Waals surface area contributed by atoms with Crippen molar-refractivity contribution >= 4 is 5.97 Å². The molecule has 0 unspecified atom stereocenters. The van der Waals surface area contributed by atoms with E-state index in [-0.39, 0.29) is 5.97 Å². The van der Waals surface area contributed by atoms with E-state index in [0.717, 1.165) is 24.8 Å². The SMILES string of the molecule is CCCCCCCCCCCCCCCC(=O)OCc1cccc(CC)c1. The van der Waals surface area contributed by atoms with Crippen molar-refractivity contribution in [1.82, 2.24) is 0 Å². The lowest BCUT2D eigenvalue weighted by Crippen LogP contribution is -2.04. The van der Waals surface area contributed by atoms with Gasteiger partial charge in [-0.05, 0) is 24.0 Å². The summed E-state index contributed by atoms with van der Waals surface area (Å²) in [6.07, 6.45) is 18.8. The van der Waals surface area contributed by atoms with Crippen LogP contribution in [0.15, 0.2) is 24.3 Å². The first-order valence-electron chi connectivity index (χ1n) is 11.5. The molecule has 0 aromatic heterocycles. The van der Waals surface area contributed by atoms with Gasteiger partial charge in [0.1, 0.15) is 6.61 Å². The third-order valence-corrected chi connectivity index (χ3v) is 5.28. The largest absolute Gasteiger partial charge is 0.461 e. The smallest absolute Gasteiger partial charge is 0.306 e. The zero-order valence-corrected chi connectivity index (χ0v) is 17.9. The Kier molecular flexibility index (Phi) is 14.8. The average molecular weight is 375 g/mol. The van der Waals surface area contributed by atoms with E-state index in [2.05, 4.69) is 26.0 Å². The molecule has 2 heteroatoms. The highest BCUT2D eigenvalue weighted by Gasteiger charge is 2.04. The van der Waals surface area contributed by atoms with Gasteiger partial charge in [-0.2, -0.15) is 0 Å². The molecule has 0 fully saturated rings. The molecule has 1 rings (SSSR count). The third kappa shape index (κ3) is 13.5. The van der Waals surface area contributed by atoms with E-state index in [1.54, 1.807) is 0 Å². The molecule has 1 aromatic carbocycles. The van der Waals surface area contributed by atoms with Crippen molar-refractivity contribution in [2.75, 3.05) is 0 Å². The van der Waals surface area contributed by atoms with Crippen LogP contribution in [0.3, 0.4) is 0 Å². The first-order valence-corrected chi connectivity index (χ1v) is 11.5. The second-order valence-corrected chi connectivity index (χ2v) is 7.83. The quantitative estimate of drug-likeness (QED) is 0.205. The van der Waals surface area contributed by atoms with Gasteiger partial charge in [-0.3, -0.25) is 4.79 Å². The topological polar surface area (TPSA) is 26.3 Å². The van der Waals surface area contributed by atoms with Crippen molar-refractivity contribution in [3.63, 3.8) is 0 Å². The standard InChI is InChI=1S/C25H42O2/c1-3-5-6-7-8-9-10-11-12-13-14-15-16-20-25(26)27-22-24-19-17-18-23(4-2)21-24/h17-19,21H,3-16,20,22H2,1-2H3. The highest BCUT2D eigenvalue weighted by Crippen LogP contribution is 2.13. The molecule has 154 valence electrons. The van der Waals surface area contributed by atoms with Gasteiger partial charge in [-0.25, -0.2) is 0 Å². The Morgan fingerprint density at radius 3 is 1.81 bits per heavy atom. The molecule has 0 N–H and O–H groups in total. The molecule has 0 spiro atoms. The van der Waals surface area contributed by atoms with Crippen molar-refractivity contribution in [3.05, 3.63) is 35.4 Å². The monoisotopic (exact) mass is 374 g/mol. The number of carbonyl (C=O) groups is 1. The van der Waals surface area contributed by atoms with Crippen LogP contribution in [0.1, 0.15) is 115 Å². The molecule has 2 nitrogen and oxygen atoms in total. The van der Waals surface area contributed by atoms with Gasteiger partial charge in [0, 0.05) is 6.42 Å². The van der Waals surface area contributed by atoms with Crippen LogP contribution in [0.5, 0.6) is 0 Å². The van der Waals surface area contributed by atoms with E-state index in [0.29, 0.717) is 13.0 Å². The number of esters is 1. The molecule has 0 radical (unpaired) electrons. The molecule has 27 heavy (non-hydrogen) atoms. The maximum Gasteiger partial charge on any atom is 0.306 e. The van der Waals surface area contributed by atoms with Crippen LogP contribution in [0, 0.1) is 0 Å². The fraction of sp³-hybridized carbons (Fsp3) is 0.720. The first-order chi connectivity index (χ1) is 13.3. The molecular formula is C25H42O2. The minimum absolute atomic E-state index is 0.0556. The predicted molar refractivity (Wildman–Crippen MR) is 116 cm³/mol. The number of carbonyl (C=O) groups excluding carboxylic acids is 1. The lowest BCUT2D eigenvalue weighted by molar-refractivity contribution is -0.145. The van der Waals surface area contributed by atoms with Crippen LogP contribution in [-0.2, 0) is 22.6 Å². The third-order valence-electron chi connectivity index (χ3n) is 5.28. The van der Waals surface area contributed by atoms with Crippen molar-refractivity contribution in [1.29, 1.82) is 0 Å². The number of aryl methyl sites for hydroxylation is 1. The Morgan fingerprint density at radius 2 is 1.26 bits per heavy atom. The number of unbranched alkanes of at least 4 members (excludes halogenated alkanes) is 12. The summed E-state index contributed by atoms with van der Waals surface area (Å²) in [4.78, 5) is 11.8. The molecule has 0 aliphatic heterocycles. The van der Waals surface area contributed by atoms with Crippen molar-refractivity contribution in [3.8, 4) is 0 Å². The van der Waals surface area contributed by atoms with Gasteiger partial charge in [0.15, 0.2) is 0 Å². The van der Waals surface area contributed by atoms with Crippen molar-refractivity contribution in [2.24, 2.45) is 0 Å². The van der Waals surface area contributed by atoms with Gasteiger partial charge < -0.3 is 4.74 Å². The summed E-state index contributed by atoms with van der Waals surface area (Å²) in [5.74, 6) is -0.0556. The second kappa shape index (κ2) is 16.8. The Bertz CT molecular complexity index is 481. The minimum Gasteiger partial charge on any atom is -0.461 e. The molecule has 0 amide bonds. The van der Waals surface area contributed by atoms with Gasteiger partial charge in [0.25, 0.3) is 0 Å². The highest BCUT2D eigenvalue weighted by molar-refractivity contribution is 5.69. The van der Waals surface area contributed by atoms with E-state index in [1.165, 1.54) is 76.2 Å². The number of ether oxygens (including phenoxy) is 1. The van der Waals surface area contributed by atoms with Gasteiger partial charge >= 0.3 is 5.97 Å².